The lowest BCUT2D eigenvalue weighted by atomic mass is 10.1. The van der Waals surface area contributed by atoms with E-state index in [1.54, 1.807) is 6.07 Å². The molecule has 1 heterocycles. The molecule has 1 unspecified atom stereocenters. The summed E-state index contributed by atoms with van der Waals surface area (Å²) in [6.07, 6.45) is 2.01. The van der Waals surface area contributed by atoms with Gasteiger partial charge in [0, 0.05) is 6.04 Å². The topological polar surface area (TPSA) is 53.4 Å². The first kappa shape index (κ1) is 13.6. The maximum Gasteiger partial charge on any atom is 0.317 e. The number of carboxylic acids is 1. The quantitative estimate of drug-likeness (QED) is 0.827. The molecule has 0 saturated heterocycles. The molecule has 1 N–H and O–H groups in total. The summed E-state index contributed by atoms with van der Waals surface area (Å²) in [4.78, 5) is 16.5. The van der Waals surface area contributed by atoms with Crippen LogP contribution >= 0.6 is 0 Å². The Hall–Kier alpha value is -1.49. The van der Waals surface area contributed by atoms with E-state index in [1.165, 1.54) is 6.07 Å². The molecule has 1 atom stereocenters. The third-order valence-corrected chi connectivity index (χ3v) is 2.58. The van der Waals surface area contributed by atoms with Gasteiger partial charge in [0.15, 0.2) is 0 Å². The lowest BCUT2D eigenvalue weighted by Gasteiger charge is -2.26. The third kappa shape index (κ3) is 4.11. The predicted molar refractivity (Wildman–Crippen MR) is 62.1 cm³/mol. The summed E-state index contributed by atoms with van der Waals surface area (Å²) in [7, 11) is 0. The Morgan fingerprint density at radius 3 is 2.76 bits per heavy atom. The van der Waals surface area contributed by atoms with Gasteiger partial charge in [0.25, 0.3) is 0 Å². The maximum absolute atomic E-state index is 12.7. The van der Waals surface area contributed by atoms with Gasteiger partial charge >= 0.3 is 5.97 Å². The zero-order valence-corrected chi connectivity index (χ0v) is 10.1. The lowest BCUT2D eigenvalue weighted by Crippen LogP contribution is -2.33. The number of carbonyl (C=O) groups is 1. The van der Waals surface area contributed by atoms with Crippen LogP contribution in [-0.4, -0.2) is 34.0 Å². The molecule has 94 valence electrons. The Morgan fingerprint density at radius 1 is 1.59 bits per heavy atom. The maximum atomic E-state index is 12.7. The number of halogens is 1. The number of hydrogen-bond acceptors (Lipinski definition) is 3. The number of carboxylic acid groups (broad SMARTS) is 1. The molecule has 0 aliphatic heterocycles. The summed E-state index contributed by atoms with van der Waals surface area (Å²) in [6.45, 7) is 4.50. The van der Waals surface area contributed by atoms with Gasteiger partial charge in [-0.05, 0) is 32.0 Å². The Kier molecular flexibility index (Phi) is 5.03. The first-order valence-electron chi connectivity index (χ1n) is 5.62. The molecule has 0 bridgehead atoms. The summed E-state index contributed by atoms with van der Waals surface area (Å²) < 4.78 is 12.7. The van der Waals surface area contributed by atoms with E-state index in [-0.39, 0.29) is 18.4 Å². The van der Waals surface area contributed by atoms with Gasteiger partial charge < -0.3 is 5.11 Å². The van der Waals surface area contributed by atoms with Gasteiger partial charge in [0.2, 0.25) is 0 Å². The molecule has 5 heteroatoms. The van der Waals surface area contributed by atoms with E-state index in [4.69, 9.17) is 5.11 Å². The molecule has 0 aliphatic carbocycles. The van der Waals surface area contributed by atoms with Gasteiger partial charge in [-0.15, -0.1) is 0 Å². The molecule has 1 aromatic heterocycles. The number of hydrogen-bond donors (Lipinski definition) is 1. The molecule has 0 spiro atoms. The van der Waals surface area contributed by atoms with Crippen LogP contribution in [0.5, 0.6) is 0 Å². The predicted octanol–water partition coefficient (Wildman–Crippen LogP) is 2.08. The van der Waals surface area contributed by atoms with E-state index < -0.39 is 5.97 Å². The summed E-state index contributed by atoms with van der Waals surface area (Å²) in [5, 5.41) is 8.83. The van der Waals surface area contributed by atoms with E-state index in [1.807, 2.05) is 18.7 Å². The SMILES string of the molecule is CCCN(CC(=O)O)C(C)c1ccc(F)cn1. The van der Waals surface area contributed by atoms with Crippen molar-refractivity contribution in [1.82, 2.24) is 9.88 Å². The molecule has 0 fully saturated rings. The van der Waals surface area contributed by atoms with E-state index in [0.717, 1.165) is 12.6 Å². The Balaban J connectivity index is 2.79. The van der Waals surface area contributed by atoms with Crippen LogP contribution in [0.15, 0.2) is 18.3 Å². The fourth-order valence-electron chi connectivity index (χ4n) is 1.69. The van der Waals surface area contributed by atoms with E-state index in [9.17, 15) is 9.18 Å². The van der Waals surface area contributed by atoms with Crippen molar-refractivity contribution in [3.63, 3.8) is 0 Å². The number of nitrogens with zero attached hydrogens (tertiary/aromatic N) is 2. The first-order chi connectivity index (χ1) is 8.04. The highest BCUT2D eigenvalue weighted by Gasteiger charge is 2.18. The highest BCUT2D eigenvalue weighted by Crippen LogP contribution is 2.18. The van der Waals surface area contributed by atoms with Crippen LogP contribution in [0.25, 0.3) is 0 Å². The van der Waals surface area contributed by atoms with Gasteiger partial charge in [-0.1, -0.05) is 6.92 Å². The standard InChI is InChI=1S/C12H17FN2O2/c1-3-6-15(8-12(16)17)9(2)11-5-4-10(13)7-14-11/h4-5,7,9H,3,6,8H2,1-2H3,(H,16,17). The molecule has 1 rings (SSSR count). The molecule has 0 radical (unpaired) electrons. The second kappa shape index (κ2) is 6.30. The molecular weight excluding hydrogens is 223 g/mol. The molecule has 17 heavy (non-hydrogen) atoms. The smallest absolute Gasteiger partial charge is 0.317 e. The third-order valence-electron chi connectivity index (χ3n) is 2.58. The Morgan fingerprint density at radius 2 is 2.29 bits per heavy atom. The summed E-state index contributed by atoms with van der Waals surface area (Å²) in [5.74, 6) is -1.26. The average Bonchev–Trinajstić information content (AvgIpc) is 2.28. The van der Waals surface area contributed by atoms with Crippen LogP contribution in [0, 0.1) is 5.82 Å². The summed E-state index contributed by atoms with van der Waals surface area (Å²) >= 11 is 0. The summed E-state index contributed by atoms with van der Waals surface area (Å²) in [6, 6.07) is 2.79. The highest BCUT2D eigenvalue weighted by molar-refractivity contribution is 5.69. The van der Waals surface area contributed by atoms with Gasteiger partial charge in [0.05, 0.1) is 18.4 Å². The molecule has 1 aromatic rings. The van der Waals surface area contributed by atoms with Crippen LogP contribution in [-0.2, 0) is 4.79 Å². The van der Waals surface area contributed by atoms with Crippen molar-refractivity contribution in [2.45, 2.75) is 26.3 Å². The molecule has 0 aliphatic rings. The second-order valence-corrected chi connectivity index (χ2v) is 3.94. The Bertz CT molecular complexity index is 367. The highest BCUT2D eigenvalue weighted by atomic mass is 19.1. The van der Waals surface area contributed by atoms with Crippen molar-refractivity contribution >= 4 is 5.97 Å². The van der Waals surface area contributed by atoms with Gasteiger partial charge in [0.1, 0.15) is 5.82 Å². The largest absolute Gasteiger partial charge is 0.480 e. The molecule has 0 amide bonds. The van der Waals surface area contributed by atoms with Crippen molar-refractivity contribution in [2.24, 2.45) is 0 Å². The fourth-order valence-corrected chi connectivity index (χ4v) is 1.69. The van der Waals surface area contributed by atoms with E-state index in [2.05, 4.69) is 4.98 Å². The van der Waals surface area contributed by atoms with Crippen molar-refractivity contribution in [3.05, 3.63) is 29.8 Å². The first-order valence-corrected chi connectivity index (χ1v) is 5.62. The van der Waals surface area contributed by atoms with Crippen LogP contribution in [0.1, 0.15) is 32.0 Å². The lowest BCUT2D eigenvalue weighted by molar-refractivity contribution is -0.138. The van der Waals surface area contributed by atoms with Crippen LogP contribution in [0.2, 0.25) is 0 Å². The molecule has 0 aromatic carbocycles. The number of aliphatic carboxylic acids is 1. The number of pyridine rings is 1. The number of aromatic nitrogens is 1. The van der Waals surface area contributed by atoms with Gasteiger partial charge in [-0.25, -0.2) is 4.39 Å². The average molecular weight is 240 g/mol. The van der Waals surface area contributed by atoms with Crippen LogP contribution < -0.4 is 0 Å². The van der Waals surface area contributed by atoms with Gasteiger partial charge in [-0.3, -0.25) is 14.7 Å². The minimum Gasteiger partial charge on any atom is -0.480 e. The van der Waals surface area contributed by atoms with Crippen molar-refractivity contribution in [2.75, 3.05) is 13.1 Å². The van der Waals surface area contributed by atoms with Crippen LogP contribution in [0.3, 0.4) is 0 Å². The summed E-state index contributed by atoms with van der Waals surface area (Å²) in [5.41, 5.74) is 0.682. The second-order valence-electron chi connectivity index (χ2n) is 3.94. The Labute approximate surface area is 100 Å². The molecule has 4 nitrogen and oxygen atoms in total. The monoisotopic (exact) mass is 240 g/mol. The molecular formula is C12H17FN2O2. The van der Waals surface area contributed by atoms with Gasteiger partial charge in [-0.2, -0.15) is 0 Å². The minimum absolute atomic E-state index is 0.0337. The van der Waals surface area contributed by atoms with E-state index in [0.29, 0.717) is 12.2 Å². The number of rotatable bonds is 6. The zero-order valence-electron chi connectivity index (χ0n) is 10.1. The van der Waals surface area contributed by atoms with Crippen molar-refractivity contribution in [3.8, 4) is 0 Å². The van der Waals surface area contributed by atoms with E-state index >= 15 is 0 Å². The normalized spacial score (nSPS) is 12.7. The van der Waals surface area contributed by atoms with Crippen molar-refractivity contribution < 1.29 is 14.3 Å². The van der Waals surface area contributed by atoms with Crippen LogP contribution in [0.4, 0.5) is 4.39 Å². The molecule has 0 saturated carbocycles. The minimum atomic E-state index is -0.868. The fraction of sp³-hybridized carbons (Fsp3) is 0.500. The van der Waals surface area contributed by atoms with Crippen molar-refractivity contribution in [1.29, 1.82) is 0 Å². The zero-order chi connectivity index (χ0) is 12.8.